The van der Waals surface area contributed by atoms with E-state index in [0.717, 1.165) is 15.0 Å². The molecular weight excluding hydrogens is 205 g/mol. The zero-order valence-electron chi connectivity index (χ0n) is 6.41. The normalized spacial score (nSPS) is 10.2. The van der Waals surface area contributed by atoms with Gasteiger partial charge in [-0.1, -0.05) is 0 Å². The van der Waals surface area contributed by atoms with E-state index in [2.05, 4.69) is 12.6 Å². The average molecular weight is 209 g/mol. The van der Waals surface area contributed by atoms with Crippen molar-refractivity contribution in [2.75, 3.05) is 0 Å². The van der Waals surface area contributed by atoms with Crippen LogP contribution >= 0.6 is 24.0 Å². The molecule has 0 saturated carbocycles. The topological polar surface area (TPSA) is 23.8 Å². The molecular formula is C9H4FNS2. The molecule has 0 fully saturated rings. The number of benzene rings is 1. The van der Waals surface area contributed by atoms with Gasteiger partial charge in [-0.3, -0.25) is 0 Å². The summed E-state index contributed by atoms with van der Waals surface area (Å²) < 4.78 is 13.7. The van der Waals surface area contributed by atoms with Gasteiger partial charge in [0.15, 0.2) is 0 Å². The summed E-state index contributed by atoms with van der Waals surface area (Å²) in [6.45, 7) is 0. The molecule has 1 nitrogen and oxygen atoms in total. The van der Waals surface area contributed by atoms with Crippen molar-refractivity contribution in [1.82, 2.24) is 0 Å². The molecule has 64 valence electrons. The molecule has 0 N–H and O–H groups in total. The Bertz CT molecular complexity index is 510. The van der Waals surface area contributed by atoms with Gasteiger partial charge in [0.1, 0.15) is 5.82 Å². The maximum atomic E-state index is 12.9. The van der Waals surface area contributed by atoms with Gasteiger partial charge < -0.3 is 0 Å². The van der Waals surface area contributed by atoms with Crippen LogP contribution in [-0.4, -0.2) is 0 Å². The highest BCUT2D eigenvalue weighted by atomic mass is 32.1. The van der Waals surface area contributed by atoms with Crippen LogP contribution in [0.5, 0.6) is 0 Å². The van der Waals surface area contributed by atoms with E-state index in [4.69, 9.17) is 5.26 Å². The Morgan fingerprint density at radius 1 is 1.46 bits per heavy atom. The number of fused-ring (bicyclic) bond motifs is 1. The van der Waals surface area contributed by atoms with Crippen LogP contribution in [0.15, 0.2) is 22.4 Å². The van der Waals surface area contributed by atoms with E-state index in [9.17, 15) is 4.39 Å². The lowest BCUT2D eigenvalue weighted by Crippen LogP contribution is -1.79. The van der Waals surface area contributed by atoms with Crippen molar-refractivity contribution >= 4 is 34.1 Å². The Morgan fingerprint density at radius 2 is 2.23 bits per heavy atom. The fraction of sp³-hybridized carbons (Fsp3) is 0. The molecule has 1 aromatic carbocycles. The fourth-order valence-electron chi connectivity index (χ4n) is 1.21. The molecule has 0 aliphatic heterocycles. The van der Waals surface area contributed by atoms with Crippen molar-refractivity contribution in [3.63, 3.8) is 0 Å². The number of nitriles is 1. The number of hydrogen-bond acceptors (Lipinski definition) is 3. The minimum Gasteiger partial charge on any atom is -0.207 e. The minimum absolute atomic E-state index is 0.348. The first kappa shape index (κ1) is 8.54. The predicted octanol–water partition coefficient (Wildman–Crippen LogP) is 3.20. The zero-order valence-corrected chi connectivity index (χ0v) is 8.12. The van der Waals surface area contributed by atoms with Crippen molar-refractivity contribution in [2.45, 2.75) is 4.90 Å². The van der Waals surface area contributed by atoms with E-state index in [0.29, 0.717) is 5.56 Å². The Balaban J connectivity index is 2.95. The smallest absolute Gasteiger partial charge is 0.125 e. The van der Waals surface area contributed by atoms with Gasteiger partial charge in [0.05, 0.1) is 11.6 Å². The highest BCUT2D eigenvalue weighted by molar-refractivity contribution is 7.80. The molecule has 0 unspecified atom stereocenters. The molecule has 0 amide bonds. The van der Waals surface area contributed by atoms with E-state index in [1.807, 2.05) is 6.07 Å². The minimum atomic E-state index is -0.376. The van der Waals surface area contributed by atoms with Gasteiger partial charge in [-0.25, -0.2) is 4.39 Å². The molecule has 0 aliphatic carbocycles. The van der Waals surface area contributed by atoms with Crippen LogP contribution in [0.4, 0.5) is 4.39 Å². The summed E-state index contributed by atoms with van der Waals surface area (Å²) in [5.74, 6) is -0.376. The standard InChI is InChI=1S/C9H4FNS2/c10-6-1-5(3-11)9-7(12)4-13-8(9)2-6/h1-2,4,12H. The van der Waals surface area contributed by atoms with Crippen molar-refractivity contribution in [1.29, 1.82) is 5.26 Å². The molecule has 0 bridgehead atoms. The summed E-state index contributed by atoms with van der Waals surface area (Å²) >= 11 is 5.59. The molecule has 0 saturated heterocycles. The molecule has 13 heavy (non-hydrogen) atoms. The van der Waals surface area contributed by atoms with Gasteiger partial charge in [-0.05, 0) is 12.1 Å². The summed E-state index contributed by atoms with van der Waals surface area (Å²) in [6, 6.07) is 4.60. The third-order valence-electron chi connectivity index (χ3n) is 1.74. The summed E-state index contributed by atoms with van der Waals surface area (Å²) in [6.07, 6.45) is 0. The van der Waals surface area contributed by atoms with Crippen molar-refractivity contribution in [3.05, 3.63) is 28.9 Å². The molecule has 1 aromatic heterocycles. The quantitative estimate of drug-likeness (QED) is 0.662. The van der Waals surface area contributed by atoms with Gasteiger partial charge in [-0.2, -0.15) is 5.26 Å². The molecule has 1 heterocycles. The molecule has 2 rings (SSSR count). The first-order valence-electron chi connectivity index (χ1n) is 3.52. The SMILES string of the molecule is N#Cc1cc(F)cc2scc(S)c12. The number of halogens is 1. The van der Waals surface area contributed by atoms with Crippen LogP contribution in [0.1, 0.15) is 5.56 Å². The average Bonchev–Trinajstić information content (AvgIpc) is 2.46. The molecule has 0 radical (unpaired) electrons. The molecule has 2 aromatic rings. The summed E-state index contributed by atoms with van der Waals surface area (Å²) in [5.41, 5.74) is 0.348. The van der Waals surface area contributed by atoms with E-state index >= 15 is 0 Å². The Kier molecular flexibility index (Phi) is 1.98. The lowest BCUT2D eigenvalue weighted by molar-refractivity contribution is 0.629. The molecule has 0 atom stereocenters. The lowest BCUT2D eigenvalue weighted by atomic mass is 10.1. The van der Waals surface area contributed by atoms with Gasteiger partial charge >= 0.3 is 0 Å². The summed E-state index contributed by atoms with van der Waals surface area (Å²) in [5, 5.41) is 11.3. The second-order valence-electron chi connectivity index (χ2n) is 2.56. The largest absolute Gasteiger partial charge is 0.207 e. The number of thiol groups is 1. The third kappa shape index (κ3) is 1.30. The fourth-order valence-corrected chi connectivity index (χ4v) is 2.55. The van der Waals surface area contributed by atoms with E-state index in [-0.39, 0.29) is 5.82 Å². The van der Waals surface area contributed by atoms with Crippen LogP contribution in [0, 0.1) is 17.1 Å². The lowest BCUT2D eigenvalue weighted by Gasteiger charge is -1.95. The summed E-state index contributed by atoms with van der Waals surface area (Å²) in [7, 11) is 0. The van der Waals surface area contributed by atoms with E-state index < -0.39 is 0 Å². The van der Waals surface area contributed by atoms with Crippen molar-refractivity contribution in [2.24, 2.45) is 0 Å². The number of hydrogen-bond donors (Lipinski definition) is 1. The first-order valence-corrected chi connectivity index (χ1v) is 4.85. The second-order valence-corrected chi connectivity index (χ2v) is 3.95. The van der Waals surface area contributed by atoms with Crippen LogP contribution < -0.4 is 0 Å². The maximum Gasteiger partial charge on any atom is 0.125 e. The van der Waals surface area contributed by atoms with Crippen molar-refractivity contribution < 1.29 is 4.39 Å². The van der Waals surface area contributed by atoms with E-state index in [1.54, 1.807) is 5.38 Å². The number of rotatable bonds is 0. The Morgan fingerprint density at radius 3 is 2.92 bits per heavy atom. The molecule has 4 heteroatoms. The Labute approximate surface area is 83.8 Å². The predicted molar refractivity (Wildman–Crippen MR) is 53.8 cm³/mol. The van der Waals surface area contributed by atoms with Crippen LogP contribution in [0.3, 0.4) is 0 Å². The number of thiophene rings is 1. The van der Waals surface area contributed by atoms with Gasteiger partial charge in [0.2, 0.25) is 0 Å². The first-order chi connectivity index (χ1) is 6.22. The highest BCUT2D eigenvalue weighted by Crippen LogP contribution is 2.31. The third-order valence-corrected chi connectivity index (χ3v) is 3.20. The molecule has 0 spiro atoms. The molecule has 0 aliphatic rings. The van der Waals surface area contributed by atoms with Gasteiger partial charge in [0, 0.05) is 20.4 Å². The Hall–Kier alpha value is -1.05. The summed E-state index contributed by atoms with van der Waals surface area (Å²) in [4.78, 5) is 0.733. The van der Waals surface area contributed by atoms with Crippen LogP contribution in [0.2, 0.25) is 0 Å². The second kappa shape index (κ2) is 3.02. The van der Waals surface area contributed by atoms with Gasteiger partial charge in [0.25, 0.3) is 0 Å². The van der Waals surface area contributed by atoms with Crippen molar-refractivity contribution in [3.8, 4) is 6.07 Å². The zero-order chi connectivity index (χ0) is 9.42. The van der Waals surface area contributed by atoms with Crippen LogP contribution in [0.25, 0.3) is 10.1 Å². The maximum absolute atomic E-state index is 12.9. The number of nitrogens with zero attached hydrogens (tertiary/aromatic N) is 1. The monoisotopic (exact) mass is 209 g/mol. The van der Waals surface area contributed by atoms with E-state index in [1.165, 1.54) is 23.5 Å². The highest BCUT2D eigenvalue weighted by Gasteiger charge is 2.08. The van der Waals surface area contributed by atoms with Crippen LogP contribution in [-0.2, 0) is 0 Å². The van der Waals surface area contributed by atoms with Gasteiger partial charge in [-0.15, -0.1) is 24.0 Å².